The van der Waals surface area contributed by atoms with Crippen molar-refractivity contribution in [3.8, 4) is 89.8 Å². The van der Waals surface area contributed by atoms with Crippen molar-refractivity contribution in [2.24, 2.45) is 0 Å². The SMILES string of the molecule is c1ccc(-c2cc(-c3cccc(-c4ccnc5ccccc45)c3)nc(-c3cccc(-c4ccc(-c5cc(-c6ccc7ccccc7c6)c6ccc7ccc(-c8ccccc8)nc7c6n5)cc4)c3)n2)cc1. The Labute approximate surface area is 405 Å². The number of fused-ring (bicyclic) bond motifs is 5. The second kappa shape index (κ2) is 17.3. The summed E-state index contributed by atoms with van der Waals surface area (Å²) < 4.78 is 0. The van der Waals surface area contributed by atoms with Crippen LogP contribution >= 0.6 is 0 Å². The minimum Gasteiger partial charge on any atom is -0.256 e. The highest BCUT2D eigenvalue weighted by molar-refractivity contribution is 6.10. The molecule has 4 aromatic heterocycles. The summed E-state index contributed by atoms with van der Waals surface area (Å²) in [6.07, 6.45) is 1.88. The highest BCUT2D eigenvalue weighted by Crippen LogP contribution is 2.39. The van der Waals surface area contributed by atoms with Gasteiger partial charge in [-0.3, -0.25) is 4.98 Å². The third-order valence-corrected chi connectivity index (χ3v) is 13.3. The molecule has 0 aliphatic carbocycles. The van der Waals surface area contributed by atoms with Gasteiger partial charge in [0.1, 0.15) is 0 Å². The molecule has 0 unspecified atom stereocenters. The Bertz CT molecular complexity index is 4110. The van der Waals surface area contributed by atoms with E-state index in [2.05, 4.69) is 229 Å². The van der Waals surface area contributed by atoms with E-state index >= 15 is 0 Å². The summed E-state index contributed by atoms with van der Waals surface area (Å²) in [5, 5.41) is 5.63. The zero-order valence-corrected chi connectivity index (χ0v) is 37.9. The first kappa shape index (κ1) is 40.8. The van der Waals surface area contributed by atoms with Gasteiger partial charge in [-0.1, -0.05) is 194 Å². The average Bonchev–Trinajstić information content (AvgIpc) is 3.44. The Hall–Kier alpha value is -9.45. The van der Waals surface area contributed by atoms with E-state index in [0.717, 1.165) is 117 Å². The van der Waals surface area contributed by atoms with Gasteiger partial charge in [0.2, 0.25) is 0 Å². The van der Waals surface area contributed by atoms with Gasteiger partial charge in [-0.2, -0.15) is 0 Å². The van der Waals surface area contributed by atoms with Gasteiger partial charge in [-0.25, -0.2) is 19.9 Å². The molecule has 0 aliphatic heterocycles. The summed E-state index contributed by atoms with van der Waals surface area (Å²) >= 11 is 0. The molecule has 0 fully saturated rings. The lowest BCUT2D eigenvalue weighted by atomic mass is 9.94. The molecule has 0 aliphatic rings. The van der Waals surface area contributed by atoms with Crippen molar-refractivity contribution in [1.82, 2.24) is 24.9 Å². The van der Waals surface area contributed by atoms with Gasteiger partial charge in [-0.15, -0.1) is 0 Å². The van der Waals surface area contributed by atoms with Crippen molar-refractivity contribution < 1.29 is 0 Å². The van der Waals surface area contributed by atoms with Crippen molar-refractivity contribution in [2.45, 2.75) is 0 Å². The molecule has 13 rings (SSSR count). The molecule has 326 valence electrons. The highest BCUT2D eigenvalue weighted by atomic mass is 14.9. The molecule has 0 amide bonds. The summed E-state index contributed by atoms with van der Waals surface area (Å²) in [5.74, 6) is 0.660. The number of rotatable bonds is 8. The van der Waals surface area contributed by atoms with Gasteiger partial charge in [0.05, 0.1) is 39.3 Å². The topological polar surface area (TPSA) is 64.5 Å². The van der Waals surface area contributed by atoms with Crippen molar-refractivity contribution in [2.75, 3.05) is 0 Å². The second-order valence-electron chi connectivity index (χ2n) is 17.7. The predicted octanol–water partition coefficient (Wildman–Crippen LogP) is 16.6. The first-order valence-electron chi connectivity index (χ1n) is 23.5. The van der Waals surface area contributed by atoms with Crippen molar-refractivity contribution in [1.29, 1.82) is 0 Å². The van der Waals surface area contributed by atoms with E-state index in [1.54, 1.807) is 0 Å². The van der Waals surface area contributed by atoms with E-state index in [1.807, 2.05) is 24.4 Å². The number of nitrogens with zero attached hydrogens (tertiary/aromatic N) is 5. The van der Waals surface area contributed by atoms with Crippen molar-refractivity contribution in [3.63, 3.8) is 0 Å². The molecule has 5 nitrogen and oxygen atoms in total. The van der Waals surface area contributed by atoms with Crippen LogP contribution in [-0.2, 0) is 0 Å². The molecular weight excluding hydrogens is 851 g/mol. The Balaban J connectivity index is 0.894. The maximum absolute atomic E-state index is 5.43. The fourth-order valence-corrected chi connectivity index (χ4v) is 9.73. The third-order valence-electron chi connectivity index (χ3n) is 13.3. The van der Waals surface area contributed by atoms with Gasteiger partial charge in [-0.05, 0) is 92.7 Å². The van der Waals surface area contributed by atoms with E-state index < -0.39 is 0 Å². The van der Waals surface area contributed by atoms with Crippen LogP contribution in [0.25, 0.3) is 133 Å². The van der Waals surface area contributed by atoms with Gasteiger partial charge < -0.3 is 0 Å². The number of hydrogen-bond acceptors (Lipinski definition) is 5. The summed E-state index contributed by atoms with van der Waals surface area (Å²) in [6.45, 7) is 0. The van der Waals surface area contributed by atoms with E-state index in [-0.39, 0.29) is 0 Å². The molecule has 9 aromatic carbocycles. The van der Waals surface area contributed by atoms with Gasteiger partial charge in [0.25, 0.3) is 0 Å². The van der Waals surface area contributed by atoms with Gasteiger partial charge in [0, 0.05) is 50.2 Å². The quantitative estimate of drug-likeness (QED) is 0.142. The van der Waals surface area contributed by atoms with Gasteiger partial charge in [0.15, 0.2) is 5.82 Å². The summed E-state index contributed by atoms with van der Waals surface area (Å²) in [6, 6.07) is 85.1. The summed E-state index contributed by atoms with van der Waals surface area (Å²) in [7, 11) is 0. The Morgan fingerprint density at radius 1 is 0.243 bits per heavy atom. The zero-order valence-electron chi connectivity index (χ0n) is 37.9. The maximum atomic E-state index is 5.43. The molecule has 0 N–H and O–H groups in total. The lowest BCUT2D eigenvalue weighted by molar-refractivity contribution is 1.18. The summed E-state index contributed by atoms with van der Waals surface area (Å²) in [4.78, 5) is 25.8. The molecule has 70 heavy (non-hydrogen) atoms. The molecule has 0 saturated carbocycles. The molecule has 13 aromatic rings. The Morgan fingerprint density at radius 2 is 0.800 bits per heavy atom. The average molecular weight is 892 g/mol. The monoisotopic (exact) mass is 891 g/mol. The van der Waals surface area contributed by atoms with Crippen LogP contribution in [0.4, 0.5) is 0 Å². The maximum Gasteiger partial charge on any atom is 0.160 e. The van der Waals surface area contributed by atoms with Crippen LogP contribution in [0, 0.1) is 0 Å². The molecule has 5 heteroatoms. The number of para-hydroxylation sites is 1. The van der Waals surface area contributed by atoms with Crippen LogP contribution in [0.5, 0.6) is 0 Å². The van der Waals surface area contributed by atoms with Crippen LogP contribution in [0.1, 0.15) is 0 Å². The Kier molecular flexibility index (Phi) is 10.1. The number of hydrogen-bond donors (Lipinski definition) is 0. The van der Waals surface area contributed by atoms with Crippen LogP contribution in [-0.4, -0.2) is 24.9 Å². The zero-order chi connectivity index (χ0) is 46.4. The van der Waals surface area contributed by atoms with Crippen molar-refractivity contribution in [3.05, 3.63) is 249 Å². The molecule has 0 spiro atoms. The van der Waals surface area contributed by atoms with Crippen LogP contribution < -0.4 is 0 Å². The third kappa shape index (κ3) is 7.62. The lowest BCUT2D eigenvalue weighted by Crippen LogP contribution is -1.96. The van der Waals surface area contributed by atoms with Crippen LogP contribution in [0.15, 0.2) is 249 Å². The second-order valence-corrected chi connectivity index (χ2v) is 17.7. The highest BCUT2D eigenvalue weighted by Gasteiger charge is 2.17. The molecule has 0 radical (unpaired) electrons. The molecular formula is C65H41N5. The largest absolute Gasteiger partial charge is 0.256 e. The first-order valence-corrected chi connectivity index (χ1v) is 23.5. The van der Waals surface area contributed by atoms with E-state index in [9.17, 15) is 0 Å². The molecule has 0 atom stereocenters. The molecule has 4 heterocycles. The smallest absolute Gasteiger partial charge is 0.160 e. The number of aromatic nitrogens is 5. The first-order chi connectivity index (χ1) is 34.6. The minimum absolute atomic E-state index is 0.660. The van der Waals surface area contributed by atoms with E-state index in [0.29, 0.717) is 5.82 Å². The lowest BCUT2D eigenvalue weighted by Gasteiger charge is -2.14. The van der Waals surface area contributed by atoms with E-state index in [1.165, 1.54) is 10.8 Å². The molecule has 0 saturated heterocycles. The number of pyridine rings is 3. The number of benzene rings is 9. The van der Waals surface area contributed by atoms with Gasteiger partial charge >= 0.3 is 0 Å². The molecule has 0 bridgehead atoms. The standard InChI is InChI=1S/C65H41N5/c1-3-14-44(15-4-1)58-34-32-47-31-33-56-57(51-30-27-42-13-7-8-18-48(42)37-51)40-60(68-64(56)63(47)67-58)46-28-25-43(26-29-46)49-19-11-22-53(38-49)65-69-61(45-16-5-2-6-17-45)41-62(70-65)52-21-12-20-50(39-52)54-35-36-66-59-24-10-9-23-55(54)59/h1-41H. The predicted molar refractivity (Wildman–Crippen MR) is 289 cm³/mol. The van der Waals surface area contributed by atoms with Crippen molar-refractivity contribution >= 4 is 43.5 Å². The van der Waals surface area contributed by atoms with Crippen LogP contribution in [0.3, 0.4) is 0 Å². The minimum atomic E-state index is 0.660. The Morgan fingerprint density at radius 3 is 1.63 bits per heavy atom. The fourth-order valence-electron chi connectivity index (χ4n) is 9.73. The fraction of sp³-hybridized carbons (Fsp3) is 0. The summed E-state index contributed by atoms with van der Waals surface area (Å²) in [5.41, 5.74) is 17.9. The van der Waals surface area contributed by atoms with E-state index in [4.69, 9.17) is 19.9 Å². The van der Waals surface area contributed by atoms with Crippen LogP contribution in [0.2, 0.25) is 0 Å². The normalized spacial score (nSPS) is 11.4.